The number of hydrogen-bond donors (Lipinski definition) is 4. The summed E-state index contributed by atoms with van der Waals surface area (Å²) in [5.41, 5.74) is 7.61. The largest absolute Gasteiger partial charge is 0.366 e. The molecule has 1 fully saturated rings. The number of carbonyl (C=O) groups excluding carboxylic acids is 1. The van der Waals surface area contributed by atoms with E-state index in [-0.39, 0.29) is 23.5 Å². The van der Waals surface area contributed by atoms with Gasteiger partial charge in [0.1, 0.15) is 5.82 Å². The number of nitrogens with zero attached hydrogens (tertiary/aromatic N) is 6. The van der Waals surface area contributed by atoms with Crippen molar-refractivity contribution in [1.29, 1.82) is 0 Å². The molecule has 34 heavy (non-hydrogen) atoms. The quantitative estimate of drug-likeness (QED) is 0.319. The Bertz CT molecular complexity index is 1320. The molecule has 4 aromatic heterocycles. The minimum Gasteiger partial charge on any atom is -0.366 e. The smallest absolute Gasteiger partial charge is 0.276 e. The number of imidazole rings is 1. The Morgan fingerprint density at radius 3 is 2.68 bits per heavy atom. The maximum absolute atomic E-state index is 13.5. The van der Waals surface area contributed by atoms with Crippen molar-refractivity contribution in [2.45, 2.75) is 37.8 Å². The zero-order chi connectivity index (χ0) is 23.7. The molecule has 1 aliphatic carbocycles. The molecule has 0 spiro atoms. The van der Waals surface area contributed by atoms with Gasteiger partial charge >= 0.3 is 0 Å². The summed E-state index contributed by atoms with van der Waals surface area (Å²) in [5, 5.41) is 18.4. The molecule has 4 aromatic rings. The fraction of sp³-hybridized carbons (Fsp3) is 0.318. The van der Waals surface area contributed by atoms with Crippen LogP contribution in [-0.2, 0) is 7.05 Å². The summed E-state index contributed by atoms with van der Waals surface area (Å²) in [6.45, 7) is 0. The molecule has 5 rings (SSSR count). The molecule has 0 aliphatic heterocycles. The predicted octanol–water partition coefficient (Wildman–Crippen LogP) is 2.67. The summed E-state index contributed by atoms with van der Waals surface area (Å²) >= 11 is 0. The molecule has 11 nitrogen and oxygen atoms in total. The summed E-state index contributed by atoms with van der Waals surface area (Å²) < 4.78 is 16.6. The molecule has 0 saturated heterocycles. The number of aromatic nitrogens is 6. The number of aryl methyl sites for hydroxylation is 1. The van der Waals surface area contributed by atoms with E-state index in [0.29, 0.717) is 23.0 Å². The van der Waals surface area contributed by atoms with E-state index in [0.717, 1.165) is 31.7 Å². The molecule has 1 aliphatic rings. The first kappa shape index (κ1) is 21.8. The third-order valence-corrected chi connectivity index (χ3v) is 5.78. The lowest BCUT2D eigenvalue weighted by Gasteiger charge is -2.27. The molecule has 0 radical (unpaired) electrons. The average Bonchev–Trinajstić information content (AvgIpc) is 3.41. The number of rotatable bonds is 6. The van der Waals surface area contributed by atoms with Crippen molar-refractivity contribution in [2.75, 3.05) is 16.0 Å². The Labute approximate surface area is 194 Å². The van der Waals surface area contributed by atoms with Crippen molar-refractivity contribution < 1.29 is 9.18 Å². The second kappa shape index (κ2) is 9.06. The number of pyridine rings is 1. The van der Waals surface area contributed by atoms with Crippen molar-refractivity contribution in [3.63, 3.8) is 0 Å². The van der Waals surface area contributed by atoms with Crippen molar-refractivity contribution in [1.82, 2.24) is 29.4 Å². The van der Waals surface area contributed by atoms with Gasteiger partial charge in [-0.2, -0.15) is 9.49 Å². The summed E-state index contributed by atoms with van der Waals surface area (Å²) in [7, 11) is 1.83. The van der Waals surface area contributed by atoms with Crippen molar-refractivity contribution in [3.05, 3.63) is 54.5 Å². The lowest BCUT2D eigenvalue weighted by molar-refractivity contribution is 0.102. The number of fused-ring (bicyclic) bond motifs is 1. The van der Waals surface area contributed by atoms with Crippen LogP contribution in [-0.4, -0.2) is 47.4 Å². The third kappa shape index (κ3) is 4.66. The second-order valence-electron chi connectivity index (χ2n) is 8.40. The van der Waals surface area contributed by atoms with Gasteiger partial charge in [-0.25, -0.2) is 14.5 Å². The van der Waals surface area contributed by atoms with Crippen LogP contribution in [0.3, 0.4) is 0 Å². The van der Waals surface area contributed by atoms with Crippen LogP contribution < -0.4 is 21.7 Å². The van der Waals surface area contributed by atoms with Crippen LogP contribution in [0.4, 0.5) is 27.4 Å². The van der Waals surface area contributed by atoms with Crippen molar-refractivity contribution >= 4 is 34.6 Å². The molecule has 0 atom stereocenters. The maximum atomic E-state index is 13.5. The highest BCUT2D eigenvalue weighted by Gasteiger charge is 2.21. The molecule has 0 bridgehead atoms. The molecule has 12 heteroatoms. The van der Waals surface area contributed by atoms with Gasteiger partial charge in [-0.15, -0.1) is 5.10 Å². The van der Waals surface area contributed by atoms with Crippen LogP contribution in [0.15, 0.2) is 42.9 Å². The van der Waals surface area contributed by atoms with Gasteiger partial charge in [-0.3, -0.25) is 9.48 Å². The van der Waals surface area contributed by atoms with E-state index in [4.69, 9.17) is 5.73 Å². The fourth-order valence-corrected chi connectivity index (χ4v) is 4.05. The van der Waals surface area contributed by atoms with Gasteiger partial charge in [0, 0.05) is 55.4 Å². The molecular weight excluding hydrogens is 439 g/mol. The van der Waals surface area contributed by atoms with Crippen LogP contribution in [0.2, 0.25) is 0 Å². The maximum Gasteiger partial charge on any atom is 0.276 e. The van der Waals surface area contributed by atoms with Gasteiger partial charge in [-0.1, -0.05) is 0 Å². The zero-order valence-electron chi connectivity index (χ0n) is 18.6. The number of carbonyl (C=O) groups is 1. The standard InChI is InChI=1S/C22H25FN10O/c1-32-9-7-19(30-32)29-16-11-20(27-14-4-2-13(24)3-5-14)31-33-17(12-26-21(16)33)22(34)28-15-6-8-25-18(23)10-15/h6-14H,2-5,24H2,1H3,(H,27,31)(H,29,30)(H,25,28,34). The number of hydrogen-bond acceptors (Lipinski definition) is 8. The lowest BCUT2D eigenvalue weighted by atomic mass is 9.92. The van der Waals surface area contributed by atoms with Gasteiger partial charge < -0.3 is 21.7 Å². The van der Waals surface area contributed by atoms with Crippen molar-refractivity contribution in [2.24, 2.45) is 12.8 Å². The fourth-order valence-electron chi connectivity index (χ4n) is 4.05. The van der Waals surface area contributed by atoms with Gasteiger partial charge in [0.2, 0.25) is 5.95 Å². The Hall–Kier alpha value is -4.06. The van der Waals surface area contributed by atoms with Gasteiger partial charge in [0.15, 0.2) is 17.2 Å². The molecule has 5 N–H and O–H groups in total. The Kier molecular flexibility index (Phi) is 5.80. The minimum absolute atomic E-state index is 0.200. The van der Waals surface area contributed by atoms with E-state index < -0.39 is 11.9 Å². The van der Waals surface area contributed by atoms with E-state index in [1.54, 1.807) is 4.68 Å². The summed E-state index contributed by atoms with van der Waals surface area (Å²) in [5.74, 6) is 0.0598. The second-order valence-corrected chi connectivity index (χ2v) is 8.40. The first-order chi connectivity index (χ1) is 16.4. The number of halogens is 1. The topological polar surface area (TPSA) is 140 Å². The van der Waals surface area contributed by atoms with E-state index >= 15 is 0 Å². The summed E-state index contributed by atoms with van der Waals surface area (Å²) in [6, 6.07) is 6.80. The Morgan fingerprint density at radius 2 is 1.94 bits per heavy atom. The number of amides is 1. The SMILES string of the molecule is Cn1ccc(Nc2cc(NC3CCC(N)CC3)nn3c(C(=O)Nc4ccnc(F)c4)cnc23)n1. The normalized spacial score (nSPS) is 18.1. The first-order valence-electron chi connectivity index (χ1n) is 11.0. The lowest BCUT2D eigenvalue weighted by Crippen LogP contribution is -2.33. The molecule has 1 saturated carbocycles. The summed E-state index contributed by atoms with van der Waals surface area (Å²) in [6.07, 6.45) is 8.31. The molecule has 4 heterocycles. The monoisotopic (exact) mass is 464 g/mol. The first-order valence-corrected chi connectivity index (χ1v) is 11.0. The number of nitrogens with two attached hydrogens (primary N) is 1. The van der Waals surface area contributed by atoms with Crippen molar-refractivity contribution in [3.8, 4) is 0 Å². The Balaban J connectivity index is 1.49. The van der Waals surface area contributed by atoms with E-state index in [1.807, 2.05) is 25.4 Å². The molecule has 176 valence electrons. The zero-order valence-corrected chi connectivity index (χ0v) is 18.6. The van der Waals surface area contributed by atoms with Crippen LogP contribution in [0, 0.1) is 5.95 Å². The van der Waals surface area contributed by atoms with Crippen LogP contribution in [0.1, 0.15) is 36.2 Å². The number of nitrogens with one attached hydrogen (secondary N) is 3. The third-order valence-electron chi connectivity index (χ3n) is 5.78. The molecule has 1 amide bonds. The van der Waals surface area contributed by atoms with Crippen LogP contribution >= 0.6 is 0 Å². The molecule has 0 aromatic carbocycles. The van der Waals surface area contributed by atoms with E-state index in [1.165, 1.54) is 23.0 Å². The van der Waals surface area contributed by atoms with E-state index in [9.17, 15) is 9.18 Å². The van der Waals surface area contributed by atoms with Gasteiger partial charge in [0.05, 0.1) is 11.9 Å². The summed E-state index contributed by atoms with van der Waals surface area (Å²) in [4.78, 5) is 20.9. The minimum atomic E-state index is -0.686. The molecule has 0 unspecified atom stereocenters. The predicted molar refractivity (Wildman–Crippen MR) is 125 cm³/mol. The van der Waals surface area contributed by atoms with Crippen LogP contribution in [0.5, 0.6) is 0 Å². The molecular formula is C22H25FN10O. The van der Waals surface area contributed by atoms with E-state index in [2.05, 4.69) is 36.1 Å². The number of anilines is 4. The van der Waals surface area contributed by atoms with Gasteiger partial charge in [-0.05, 0) is 31.7 Å². The average molecular weight is 465 g/mol. The highest BCUT2D eigenvalue weighted by atomic mass is 19.1. The highest BCUT2D eigenvalue weighted by molar-refractivity contribution is 6.03. The van der Waals surface area contributed by atoms with Gasteiger partial charge in [0.25, 0.3) is 5.91 Å². The Morgan fingerprint density at radius 1 is 1.12 bits per heavy atom. The highest BCUT2D eigenvalue weighted by Crippen LogP contribution is 2.26. The van der Waals surface area contributed by atoms with Crippen LogP contribution in [0.25, 0.3) is 5.65 Å².